The Morgan fingerprint density at radius 3 is 2.54 bits per heavy atom. The van der Waals surface area contributed by atoms with Gasteiger partial charge in [-0.05, 0) is 56.2 Å². The van der Waals surface area contributed by atoms with Gasteiger partial charge in [-0.2, -0.15) is 0 Å². The van der Waals surface area contributed by atoms with Crippen LogP contribution in [0.15, 0.2) is 42.5 Å². The summed E-state index contributed by atoms with van der Waals surface area (Å²) in [5, 5.41) is 21.1. The molecule has 0 fully saturated rings. The molecule has 0 bridgehead atoms. The van der Waals surface area contributed by atoms with Gasteiger partial charge in [-0.3, -0.25) is 4.79 Å². The molecule has 1 atom stereocenters. The van der Waals surface area contributed by atoms with Gasteiger partial charge < -0.3 is 10.4 Å². The summed E-state index contributed by atoms with van der Waals surface area (Å²) < 4.78 is 1.60. The number of rotatable bonds is 4. The molecule has 2 aromatic carbocycles. The van der Waals surface area contributed by atoms with E-state index in [1.165, 1.54) is 0 Å². The monoisotopic (exact) mass is 370 g/mol. The lowest BCUT2D eigenvalue weighted by atomic mass is 10.1. The molecule has 26 heavy (non-hydrogen) atoms. The van der Waals surface area contributed by atoms with Gasteiger partial charge in [-0.25, -0.2) is 4.68 Å². The number of benzene rings is 2. The number of hydrogen-bond acceptors (Lipinski definition) is 4. The molecule has 0 aliphatic heterocycles. The summed E-state index contributed by atoms with van der Waals surface area (Å²) in [5.41, 5.74) is 4.01. The summed E-state index contributed by atoms with van der Waals surface area (Å²) in [4.78, 5) is 12.5. The fraction of sp³-hybridized carbons (Fsp3) is 0.211. The van der Waals surface area contributed by atoms with Crippen molar-refractivity contribution in [3.63, 3.8) is 0 Å². The van der Waals surface area contributed by atoms with Crippen molar-refractivity contribution in [1.29, 1.82) is 0 Å². The second-order valence-corrected chi connectivity index (χ2v) is 6.55. The van der Waals surface area contributed by atoms with Gasteiger partial charge in [-0.15, -0.1) is 5.10 Å². The molecule has 134 valence electrons. The van der Waals surface area contributed by atoms with E-state index in [0.29, 0.717) is 16.4 Å². The summed E-state index contributed by atoms with van der Waals surface area (Å²) in [6.45, 7) is 5.41. The molecule has 0 aliphatic carbocycles. The maximum atomic E-state index is 12.5. The lowest BCUT2D eigenvalue weighted by Crippen LogP contribution is -2.14. The minimum Gasteiger partial charge on any atom is -0.389 e. The van der Waals surface area contributed by atoms with E-state index in [2.05, 4.69) is 15.6 Å². The van der Waals surface area contributed by atoms with Crippen molar-refractivity contribution >= 4 is 23.2 Å². The van der Waals surface area contributed by atoms with E-state index < -0.39 is 6.10 Å². The predicted octanol–water partition coefficient (Wildman–Crippen LogP) is 3.84. The average molecular weight is 371 g/mol. The number of halogens is 1. The number of aromatic nitrogens is 3. The van der Waals surface area contributed by atoms with Crippen molar-refractivity contribution in [3.05, 3.63) is 70.0 Å². The SMILES string of the molecule is Cc1ccc(Cl)cc1-n1nnc(C(=O)Nc2ccc(C(C)O)cc2)c1C. The zero-order valence-electron chi connectivity index (χ0n) is 14.7. The molecule has 0 spiro atoms. The van der Waals surface area contributed by atoms with Gasteiger partial charge >= 0.3 is 0 Å². The Balaban J connectivity index is 1.85. The normalized spacial score (nSPS) is 12.0. The highest BCUT2D eigenvalue weighted by Crippen LogP contribution is 2.21. The van der Waals surface area contributed by atoms with Crippen molar-refractivity contribution in [1.82, 2.24) is 15.0 Å². The first-order valence-corrected chi connectivity index (χ1v) is 8.53. The number of nitrogens with zero attached hydrogens (tertiary/aromatic N) is 3. The summed E-state index contributed by atoms with van der Waals surface area (Å²) in [6, 6.07) is 12.5. The maximum absolute atomic E-state index is 12.5. The van der Waals surface area contributed by atoms with Gasteiger partial charge in [0.05, 0.1) is 17.5 Å². The molecule has 6 nitrogen and oxygen atoms in total. The first kappa shape index (κ1) is 18.1. The molecule has 1 heterocycles. The third-order valence-corrected chi connectivity index (χ3v) is 4.40. The lowest BCUT2D eigenvalue weighted by Gasteiger charge is -2.09. The predicted molar refractivity (Wildman–Crippen MR) is 101 cm³/mol. The molecule has 3 aromatic rings. The second kappa shape index (κ2) is 7.27. The molecule has 0 saturated heterocycles. The third-order valence-electron chi connectivity index (χ3n) is 4.16. The highest BCUT2D eigenvalue weighted by Gasteiger charge is 2.18. The topological polar surface area (TPSA) is 80.0 Å². The molecule has 7 heteroatoms. The molecule has 1 unspecified atom stereocenters. The Morgan fingerprint density at radius 2 is 1.88 bits per heavy atom. The number of nitrogens with one attached hydrogen (secondary N) is 1. The number of carbonyl (C=O) groups is 1. The van der Waals surface area contributed by atoms with Crippen molar-refractivity contribution in [2.24, 2.45) is 0 Å². The van der Waals surface area contributed by atoms with Crippen molar-refractivity contribution < 1.29 is 9.90 Å². The molecule has 3 rings (SSSR count). The molecular formula is C19H19ClN4O2. The minimum atomic E-state index is -0.553. The molecule has 1 aromatic heterocycles. The van der Waals surface area contributed by atoms with Crippen molar-refractivity contribution in [2.45, 2.75) is 26.9 Å². The standard InChI is InChI=1S/C19H19ClN4O2/c1-11-4-7-15(20)10-17(11)24-12(2)18(22-23-24)19(26)21-16-8-5-14(6-9-16)13(3)25/h4-10,13,25H,1-3H3,(H,21,26). The van der Waals surface area contributed by atoms with Crippen LogP contribution in [0.4, 0.5) is 5.69 Å². The number of amides is 1. The van der Waals surface area contributed by atoms with Crippen LogP contribution < -0.4 is 5.32 Å². The molecule has 0 saturated carbocycles. The summed E-state index contributed by atoms with van der Waals surface area (Å²) in [6.07, 6.45) is -0.553. The number of anilines is 1. The Hall–Kier alpha value is -2.70. The zero-order valence-corrected chi connectivity index (χ0v) is 15.4. The van der Waals surface area contributed by atoms with Gasteiger partial charge in [0.2, 0.25) is 0 Å². The second-order valence-electron chi connectivity index (χ2n) is 6.12. The Morgan fingerprint density at radius 1 is 1.19 bits per heavy atom. The largest absolute Gasteiger partial charge is 0.389 e. The van der Waals surface area contributed by atoms with Crippen LogP contribution >= 0.6 is 11.6 Å². The van der Waals surface area contributed by atoms with Gasteiger partial charge in [0.1, 0.15) is 0 Å². The van der Waals surface area contributed by atoms with E-state index in [-0.39, 0.29) is 11.6 Å². The van der Waals surface area contributed by atoms with Crippen LogP contribution in [-0.4, -0.2) is 26.0 Å². The molecular weight excluding hydrogens is 352 g/mol. The summed E-state index contributed by atoms with van der Waals surface area (Å²) in [7, 11) is 0. The fourth-order valence-electron chi connectivity index (χ4n) is 2.61. The summed E-state index contributed by atoms with van der Waals surface area (Å²) >= 11 is 6.07. The number of aliphatic hydroxyl groups excluding tert-OH is 1. The van der Waals surface area contributed by atoms with E-state index in [0.717, 1.165) is 16.8 Å². The fourth-order valence-corrected chi connectivity index (χ4v) is 2.78. The van der Waals surface area contributed by atoms with Gasteiger partial charge in [0, 0.05) is 10.7 Å². The lowest BCUT2D eigenvalue weighted by molar-refractivity contribution is 0.102. The van der Waals surface area contributed by atoms with Crippen LogP contribution in [0.5, 0.6) is 0 Å². The average Bonchev–Trinajstić information content (AvgIpc) is 2.99. The van der Waals surface area contributed by atoms with Gasteiger partial charge in [-0.1, -0.05) is 35.0 Å². The summed E-state index contributed by atoms with van der Waals surface area (Å²) in [5.74, 6) is -0.349. The Kier molecular flexibility index (Phi) is 5.06. The van der Waals surface area contributed by atoms with Gasteiger partial charge in [0.15, 0.2) is 5.69 Å². The molecule has 0 radical (unpaired) electrons. The Labute approximate surface area is 156 Å². The molecule has 2 N–H and O–H groups in total. The number of aryl methyl sites for hydroxylation is 1. The zero-order chi connectivity index (χ0) is 18.8. The van der Waals surface area contributed by atoms with Crippen molar-refractivity contribution in [2.75, 3.05) is 5.32 Å². The Bertz CT molecular complexity index is 949. The quantitative estimate of drug-likeness (QED) is 0.731. The van der Waals surface area contributed by atoms with E-state index in [9.17, 15) is 9.90 Å². The van der Waals surface area contributed by atoms with E-state index in [1.54, 1.807) is 54.9 Å². The van der Waals surface area contributed by atoms with Crippen LogP contribution in [-0.2, 0) is 0 Å². The van der Waals surface area contributed by atoms with Crippen LogP contribution in [0, 0.1) is 13.8 Å². The first-order valence-electron chi connectivity index (χ1n) is 8.15. The maximum Gasteiger partial charge on any atom is 0.278 e. The van der Waals surface area contributed by atoms with Crippen molar-refractivity contribution in [3.8, 4) is 5.69 Å². The third kappa shape index (κ3) is 3.61. The van der Waals surface area contributed by atoms with E-state index in [1.807, 2.05) is 13.0 Å². The van der Waals surface area contributed by atoms with E-state index >= 15 is 0 Å². The number of carbonyl (C=O) groups excluding carboxylic acids is 1. The highest BCUT2D eigenvalue weighted by atomic mass is 35.5. The first-order chi connectivity index (χ1) is 12.4. The van der Waals surface area contributed by atoms with Gasteiger partial charge in [0.25, 0.3) is 5.91 Å². The smallest absolute Gasteiger partial charge is 0.278 e. The van der Waals surface area contributed by atoms with Crippen LogP contribution in [0.3, 0.4) is 0 Å². The number of aliphatic hydroxyl groups is 1. The van der Waals surface area contributed by atoms with E-state index in [4.69, 9.17) is 11.6 Å². The van der Waals surface area contributed by atoms with Crippen LogP contribution in [0.1, 0.15) is 40.3 Å². The molecule has 0 aliphatic rings. The van der Waals surface area contributed by atoms with Crippen LogP contribution in [0.2, 0.25) is 5.02 Å². The van der Waals surface area contributed by atoms with Crippen LogP contribution in [0.25, 0.3) is 5.69 Å². The number of hydrogen-bond donors (Lipinski definition) is 2. The molecule has 1 amide bonds. The minimum absolute atomic E-state index is 0.240. The highest BCUT2D eigenvalue weighted by molar-refractivity contribution is 6.30.